The topological polar surface area (TPSA) is 79.8 Å². The highest BCUT2D eigenvalue weighted by atomic mass is 35.5. The molecule has 0 aliphatic carbocycles. The fraction of sp³-hybridized carbons (Fsp3) is 0.308. The summed E-state index contributed by atoms with van der Waals surface area (Å²) in [5.41, 5.74) is 2.18. The van der Waals surface area contributed by atoms with Crippen molar-refractivity contribution in [1.29, 1.82) is 0 Å². The van der Waals surface area contributed by atoms with Crippen molar-refractivity contribution < 1.29 is 18.7 Å². The quantitative estimate of drug-likeness (QED) is 0.342. The van der Waals surface area contributed by atoms with Gasteiger partial charge < -0.3 is 10.1 Å². The van der Waals surface area contributed by atoms with Crippen molar-refractivity contribution in [3.8, 4) is 0 Å². The van der Waals surface area contributed by atoms with Crippen LogP contribution in [-0.2, 0) is 14.3 Å². The highest BCUT2D eigenvalue weighted by Gasteiger charge is 2.08. The van der Waals surface area contributed by atoms with Crippen molar-refractivity contribution in [1.82, 2.24) is 10.7 Å². The van der Waals surface area contributed by atoms with Crippen molar-refractivity contribution >= 4 is 29.6 Å². The molecule has 1 rings (SSSR count). The second-order valence-corrected chi connectivity index (χ2v) is 4.36. The van der Waals surface area contributed by atoms with Crippen LogP contribution in [0.15, 0.2) is 23.3 Å². The van der Waals surface area contributed by atoms with E-state index >= 15 is 0 Å². The summed E-state index contributed by atoms with van der Waals surface area (Å²) in [7, 11) is 1.50. The number of nitrogens with zero attached hydrogens (tertiary/aromatic N) is 1. The monoisotopic (exact) mass is 315 g/mol. The Kier molecular flexibility index (Phi) is 7.34. The minimum Gasteiger partial charge on any atom is -0.383 e. The summed E-state index contributed by atoms with van der Waals surface area (Å²) in [5.74, 6) is -1.63. The summed E-state index contributed by atoms with van der Waals surface area (Å²) in [6.07, 6.45) is 0.699. The molecule has 0 heterocycles. The number of hydrogen-bond acceptors (Lipinski definition) is 4. The molecule has 8 heteroatoms. The largest absolute Gasteiger partial charge is 0.383 e. The third kappa shape index (κ3) is 6.33. The van der Waals surface area contributed by atoms with Gasteiger partial charge in [-0.05, 0) is 12.1 Å². The van der Waals surface area contributed by atoms with Gasteiger partial charge in [-0.2, -0.15) is 5.10 Å². The average Bonchev–Trinajstić information content (AvgIpc) is 2.42. The number of benzene rings is 1. The number of nitrogens with one attached hydrogen (secondary N) is 2. The first-order chi connectivity index (χ1) is 10.0. The van der Waals surface area contributed by atoms with E-state index in [1.54, 1.807) is 0 Å². The second-order valence-electron chi connectivity index (χ2n) is 3.95. The third-order valence-electron chi connectivity index (χ3n) is 2.33. The van der Waals surface area contributed by atoms with Crippen molar-refractivity contribution in [3.63, 3.8) is 0 Å². The molecule has 0 unspecified atom stereocenters. The Labute approximate surface area is 126 Å². The van der Waals surface area contributed by atoms with Gasteiger partial charge in [-0.3, -0.25) is 9.59 Å². The summed E-state index contributed by atoms with van der Waals surface area (Å²) in [4.78, 5) is 22.7. The number of halogens is 2. The first-order valence-electron chi connectivity index (χ1n) is 6.06. The van der Waals surface area contributed by atoms with E-state index in [4.69, 9.17) is 16.3 Å². The lowest BCUT2D eigenvalue weighted by molar-refractivity contribution is -0.129. The number of rotatable bonds is 7. The Balaban J connectivity index is 2.42. The summed E-state index contributed by atoms with van der Waals surface area (Å²) < 4.78 is 18.1. The summed E-state index contributed by atoms with van der Waals surface area (Å²) in [6, 6.07) is 4.17. The zero-order valence-corrected chi connectivity index (χ0v) is 12.1. The first kappa shape index (κ1) is 17.1. The van der Waals surface area contributed by atoms with Crippen LogP contribution in [0.3, 0.4) is 0 Å². The molecule has 114 valence electrons. The Morgan fingerprint density at radius 1 is 1.43 bits per heavy atom. The molecular formula is C13H15ClFN3O3. The maximum absolute atomic E-state index is 13.4. The number of hydrazone groups is 1. The van der Waals surface area contributed by atoms with E-state index in [2.05, 4.69) is 15.8 Å². The van der Waals surface area contributed by atoms with Gasteiger partial charge in [0.2, 0.25) is 11.8 Å². The third-order valence-corrected chi connectivity index (χ3v) is 2.66. The Bertz CT molecular complexity index is 517. The van der Waals surface area contributed by atoms with E-state index in [-0.39, 0.29) is 17.0 Å². The van der Waals surface area contributed by atoms with Crippen LogP contribution in [0, 0.1) is 5.82 Å². The van der Waals surface area contributed by atoms with Gasteiger partial charge in [0.15, 0.2) is 0 Å². The van der Waals surface area contributed by atoms with Crippen LogP contribution in [-0.4, -0.2) is 38.3 Å². The fourth-order valence-corrected chi connectivity index (χ4v) is 1.56. The maximum Gasteiger partial charge on any atom is 0.249 e. The number of amides is 2. The molecule has 0 aliphatic rings. The zero-order valence-electron chi connectivity index (χ0n) is 11.4. The van der Waals surface area contributed by atoms with Crippen LogP contribution in [0.25, 0.3) is 0 Å². The van der Waals surface area contributed by atoms with Gasteiger partial charge in [-0.15, -0.1) is 0 Å². The Hall–Kier alpha value is -1.99. The number of carbonyl (C=O) groups is 2. The number of ether oxygens (including phenoxy) is 1. The van der Waals surface area contributed by atoms with Crippen molar-refractivity contribution in [3.05, 3.63) is 34.6 Å². The van der Waals surface area contributed by atoms with Gasteiger partial charge in [-0.1, -0.05) is 17.7 Å². The van der Waals surface area contributed by atoms with Crippen LogP contribution in [0.2, 0.25) is 5.02 Å². The molecule has 2 amide bonds. The molecule has 0 atom stereocenters. The summed E-state index contributed by atoms with van der Waals surface area (Å²) >= 11 is 5.78. The van der Waals surface area contributed by atoms with E-state index in [0.717, 1.165) is 6.21 Å². The molecule has 0 saturated heterocycles. The standard InChI is InChI=1S/C13H15ClFN3O3/c1-21-6-5-16-12(19)7-13(20)18-17-8-9-10(14)3-2-4-11(9)15/h2-4,8H,5-7H2,1H3,(H,16,19)(H,18,20)/b17-8-. The van der Waals surface area contributed by atoms with Crippen molar-refractivity contribution in [2.45, 2.75) is 6.42 Å². The van der Waals surface area contributed by atoms with Crippen LogP contribution < -0.4 is 10.7 Å². The number of carbonyl (C=O) groups excluding carboxylic acids is 2. The van der Waals surface area contributed by atoms with Gasteiger partial charge in [0, 0.05) is 19.2 Å². The van der Waals surface area contributed by atoms with Crippen LogP contribution in [0.1, 0.15) is 12.0 Å². The zero-order chi connectivity index (χ0) is 15.7. The molecule has 0 aromatic heterocycles. The molecule has 6 nitrogen and oxygen atoms in total. The minimum atomic E-state index is -0.617. The van der Waals surface area contributed by atoms with Crippen LogP contribution in [0.5, 0.6) is 0 Å². The number of hydrogen-bond donors (Lipinski definition) is 2. The number of methoxy groups -OCH3 is 1. The molecule has 0 bridgehead atoms. The van der Waals surface area contributed by atoms with E-state index in [1.165, 1.54) is 25.3 Å². The maximum atomic E-state index is 13.4. The molecule has 0 radical (unpaired) electrons. The minimum absolute atomic E-state index is 0.0593. The average molecular weight is 316 g/mol. The predicted molar refractivity (Wildman–Crippen MR) is 76.6 cm³/mol. The van der Waals surface area contributed by atoms with E-state index in [0.29, 0.717) is 13.2 Å². The van der Waals surface area contributed by atoms with E-state index in [1.807, 2.05) is 0 Å². The second kappa shape index (κ2) is 9.04. The lowest BCUT2D eigenvalue weighted by atomic mass is 10.2. The molecule has 0 aliphatic heterocycles. The molecule has 0 fully saturated rings. The molecule has 2 N–H and O–H groups in total. The van der Waals surface area contributed by atoms with Gasteiger partial charge in [0.1, 0.15) is 12.2 Å². The smallest absolute Gasteiger partial charge is 0.249 e. The molecule has 1 aromatic carbocycles. The molecule has 21 heavy (non-hydrogen) atoms. The van der Waals surface area contributed by atoms with Gasteiger partial charge in [0.25, 0.3) is 0 Å². The summed E-state index contributed by atoms with van der Waals surface area (Å²) in [6.45, 7) is 0.675. The van der Waals surface area contributed by atoms with Crippen LogP contribution >= 0.6 is 11.6 Å². The lowest BCUT2D eigenvalue weighted by Gasteiger charge is -2.03. The van der Waals surface area contributed by atoms with Crippen molar-refractivity contribution in [2.75, 3.05) is 20.3 Å². The van der Waals surface area contributed by atoms with E-state index < -0.39 is 17.6 Å². The normalized spacial score (nSPS) is 10.6. The predicted octanol–water partition coefficient (Wildman–Crippen LogP) is 1.08. The van der Waals surface area contributed by atoms with Gasteiger partial charge in [-0.25, -0.2) is 9.82 Å². The first-order valence-corrected chi connectivity index (χ1v) is 6.44. The SMILES string of the molecule is COCCNC(=O)CC(=O)N/N=C\c1c(F)cccc1Cl. The highest BCUT2D eigenvalue weighted by Crippen LogP contribution is 2.16. The molecule has 0 saturated carbocycles. The van der Waals surface area contributed by atoms with Crippen LogP contribution in [0.4, 0.5) is 4.39 Å². The summed E-state index contributed by atoms with van der Waals surface area (Å²) in [5, 5.41) is 6.21. The van der Waals surface area contributed by atoms with E-state index in [9.17, 15) is 14.0 Å². The lowest BCUT2D eigenvalue weighted by Crippen LogP contribution is -2.31. The Morgan fingerprint density at radius 2 is 2.19 bits per heavy atom. The van der Waals surface area contributed by atoms with Gasteiger partial charge in [0.05, 0.1) is 17.8 Å². The molecule has 1 aromatic rings. The highest BCUT2D eigenvalue weighted by molar-refractivity contribution is 6.33. The molecule has 0 spiro atoms. The van der Waals surface area contributed by atoms with Crippen molar-refractivity contribution in [2.24, 2.45) is 5.10 Å². The van der Waals surface area contributed by atoms with Gasteiger partial charge >= 0.3 is 0 Å². The Morgan fingerprint density at radius 3 is 2.86 bits per heavy atom. The molecular weight excluding hydrogens is 301 g/mol. The fourth-order valence-electron chi connectivity index (χ4n) is 1.34.